The average Bonchev–Trinajstić information content (AvgIpc) is 3.00. The fourth-order valence-corrected chi connectivity index (χ4v) is 4.98. The van der Waals surface area contributed by atoms with Crippen molar-refractivity contribution in [2.75, 3.05) is 58.8 Å². The molecule has 0 bridgehead atoms. The van der Waals surface area contributed by atoms with E-state index >= 15 is 4.39 Å². The summed E-state index contributed by atoms with van der Waals surface area (Å²) in [4.78, 5) is 21.4. The molecule has 1 amide bonds. The molecule has 0 aliphatic carbocycles. The van der Waals surface area contributed by atoms with Crippen molar-refractivity contribution < 1.29 is 27.8 Å². The third-order valence-electron chi connectivity index (χ3n) is 7.19. The molecule has 44 heavy (non-hydrogen) atoms. The molecular weight excluding hydrogens is 588 g/mol. The maximum atomic E-state index is 15.1. The molecule has 1 saturated heterocycles. The van der Waals surface area contributed by atoms with Gasteiger partial charge >= 0.3 is 0 Å². The Morgan fingerprint density at radius 3 is 2.45 bits per heavy atom. The van der Waals surface area contributed by atoms with Crippen LogP contribution in [0.3, 0.4) is 0 Å². The van der Waals surface area contributed by atoms with E-state index in [4.69, 9.17) is 26.4 Å². The Bertz CT molecular complexity index is 1630. The van der Waals surface area contributed by atoms with Crippen molar-refractivity contribution in [1.82, 2.24) is 20.1 Å². The van der Waals surface area contributed by atoms with Crippen LogP contribution >= 0.6 is 12.2 Å². The first kappa shape index (κ1) is 31.0. The van der Waals surface area contributed by atoms with Gasteiger partial charge in [0.2, 0.25) is 5.91 Å². The molecule has 1 aliphatic rings. The molecule has 4 aromatic rings. The molecule has 1 fully saturated rings. The number of thiocarbonyl (C=S) groups is 1. The van der Waals surface area contributed by atoms with Crippen LogP contribution in [0.15, 0.2) is 66.9 Å². The van der Waals surface area contributed by atoms with E-state index in [0.29, 0.717) is 46.0 Å². The van der Waals surface area contributed by atoms with E-state index in [1.54, 1.807) is 37.6 Å². The van der Waals surface area contributed by atoms with Crippen molar-refractivity contribution in [1.29, 1.82) is 0 Å². The first-order chi connectivity index (χ1) is 21.3. The first-order valence-electron chi connectivity index (χ1n) is 14.1. The summed E-state index contributed by atoms with van der Waals surface area (Å²) < 4.78 is 45.8. The standard InChI is InChI=1S/C32H33F2N5O4S/c1-38-11-13-39(14-12-38)15-16-42-30-20-26-24(19-29(30)41-2)27(9-10-35-26)43-28-8-7-23(18-25(28)34)36-32(44)37-31(40)17-21-3-5-22(33)6-4-21/h3-10,18-20H,11-17H2,1-2H3,(H2,36,37,40,44). The summed E-state index contributed by atoms with van der Waals surface area (Å²) in [6.45, 7) is 5.41. The third-order valence-corrected chi connectivity index (χ3v) is 7.39. The number of aromatic nitrogens is 1. The van der Waals surface area contributed by atoms with E-state index in [1.807, 2.05) is 0 Å². The molecule has 2 N–H and O–H groups in total. The molecule has 2 heterocycles. The predicted octanol–water partition coefficient (Wildman–Crippen LogP) is 5.00. The molecule has 12 heteroatoms. The van der Waals surface area contributed by atoms with Crippen molar-refractivity contribution in [2.45, 2.75) is 6.42 Å². The molecule has 0 unspecified atom stereocenters. The van der Waals surface area contributed by atoms with Crippen LogP contribution in [0.25, 0.3) is 10.9 Å². The zero-order chi connectivity index (χ0) is 31.1. The van der Waals surface area contributed by atoms with Crippen molar-refractivity contribution in [3.63, 3.8) is 0 Å². The van der Waals surface area contributed by atoms with Crippen molar-refractivity contribution in [3.05, 3.63) is 84.1 Å². The largest absolute Gasteiger partial charge is 0.493 e. The van der Waals surface area contributed by atoms with Gasteiger partial charge in [0.25, 0.3) is 0 Å². The van der Waals surface area contributed by atoms with Gasteiger partial charge in [0.15, 0.2) is 28.2 Å². The number of rotatable bonds is 10. The maximum absolute atomic E-state index is 15.1. The van der Waals surface area contributed by atoms with Crippen LogP contribution in [0.4, 0.5) is 14.5 Å². The van der Waals surface area contributed by atoms with Crippen molar-refractivity contribution in [3.8, 4) is 23.0 Å². The van der Waals surface area contributed by atoms with Crippen LogP contribution in [0, 0.1) is 11.6 Å². The average molecular weight is 622 g/mol. The third kappa shape index (κ3) is 8.16. The number of nitrogens with one attached hydrogen (secondary N) is 2. The fraction of sp³-hybridized carbons (Fsp3) is 0.281. The van der Waals surface area contributed by atoms with Gasteiger partial charge in [-0.15, -0.1) is 0 Å². The zero-order valence-electron chi connectivity index (χ0n) is 24.4. The van der Waals surface area contributed by atoms with E-state index in [-0.39, 0.29) is 23.1 Å². The number of halogens is 2. The van der Waals surface area contributed by atoms with Crippen molar-refractivity contribution in [2.24, 2.45) is 0 Å². The Balaban J connectivity index is 1.21. The number of carbonyl (C=O) groups excluding carboxylic acids is 1. The van der Waals surface area contributed by atoms with Gasteiger partial charge < -0.3 is 29.7 Å². The minimum absolute atomic E-state index is 0.000964. The minimum atomic E-state index is -0.642. The molecule has 1 aromatic heterocycles. The number of anilines is 1. The highest BCUT2D eigenvalue weighted by Crippen LogP contribution is 2.37. The quantitative estimate of drug-likeness (QED) is 0.238. The number of nitrogens with zero attached hydrogens (tertiary/aromatic N) is 3. The molecule has 3 aromatic carbocycles. The highest BCUT2D eigenvalue weighted by molar-refractivity contribution is 7.80. The number of hydrogen-bond donors (Lipinski definition) is 2. The number of methoxy groups -OCH3 is 1. The number of pyridine rings is 1. The van der Waals surface area contributed by atoms with Crippen LogP contribution in [-0.4, -0.2) is 79.3 Å². The summed E-state index contributed by atoms with van der Waals surface area (Å²) in [5, 5.41) is 5.95. The molecule has 0 radical (unpaired) electrons. The molecule has 230 valence electrons. The van der Waals surface area contributed by atoms with Crippen LogP contribution < -0.4 is 24.8 Å². The number of benzene rings is 3. The normalized spacial score (nSPS) is 13.8. The zero-order valence-corrected chi connectivity index (χ0v) is 25.3. The minimum Gasteiger partial charge on any atom is -0.493 e. The number of amides is 1. The van der Waals surface area contributed by atoms with Gasteiger partial charge in [0, 0.05) is 62.1 Å². The fourth-order valence-electron chi connectivity index (χ4n) is 4.75. The van der Waals surface area contributed by atoms with Crippen molar-refractivity contribution >= 4 is 39.8 Å². The molecule has 0 saturated carbocycles. The number of hydrogen-bond acceptors (Lipinski definition) is 8. The second-order valence-electron chi connectivity index (χ2n) is 10.4. The summed E-state index contributed by atoms with van der Waals surface area (Å²) in [5.41, 5.74) is 1.56. The van der Waals surface area contributed by atoms with Gasteiger partial charge in [-0.3, -0.25) is 14.7 Å². The first-order valence-corrected chi connectivity index (χ1v) is 14.5. The SMILES string of the molecule is COc1cc2c(Oc3ccc(NC(=S)NC(=O)Cc4ccc(F)cc4)cc3F)ccnc2cc1OCCN1CCN(C)CC1. The van der Waals surface area contributed by atoms with Gasteiger partial charge in [0.05, 0.1) is 19.0 Å². The second-order valence-corrected chi connectivity index (χ2v) is 10.8. The highest BCUT2D eigenvalue weighted by Gasteiger charge is 2.17. The predicted molar refractivity (Wildman–Crippen MR) is 169 cm³/mol. The number of piperazine rings is 1. The molecule has 1 aliphatic heterocycles. The van der Waals surface area contributed by atoms with Gasteiger partial charge in [0.1, 0.15) is 18.2 Å². The number of likely N-dealkylation sites (N-methyl/N-ethyl adjacent to an activating group) is 1. The van der Waals surface area contributed by atoms with Gasteiger partial charge in [-0.05, 0) is 61.2 Å². The van der Waals surface area contributed by atoms with Crippen LogP contribution in [0.2, 0.25) is 0 Å². The van der Waals surface area contributed by atoms with Gasteiger partial charge in [-0.25, -0.2) is 8.78 Å². The van der Waals surface area contributed by atoms with E-state index in [9.17, 15) is 9.18 Å². The maximum Gasteiger partial charge on any atom is 0.230 e. The lowest BCUT2D eigenvalue weighted by molar-refractivity contribution is -0.119. The van der Waals surface area contributed by atoms with Crippen LogP contribution in [-0.2, 0) is 11.2 Å². The number of carbonyl (C=O) groups is 1. The summed E-state index contributed by atoms with van der Waals surface area (Å²) in [6.07, 6.45) is 1.59. The van der Waals surface area contributed by atoms with E-state index < -0.39 is 11.7 Å². The van der Waals surface area contributed by atoms with E-state index in [0.717, 1.165) is 32.7 Å². The van der Waals surface area contributed by atoms with Crippen LogP contribution in [0.1, 0.15) is 5.56 Å². The Morgan fingerprint density at radius 1 is 0.955 bits per heavy atom. The Hall–Kier alpha value is -4.39. The topological polar surface area (TPSA) is 88.2 Å². The summed E-state index contributed by atoms with van der Waals surface area (Å²) in [5.74, 6) is 0.0457. The number of fused-ring (bicyclic) bond motifs is 1. The highest BCUT2D eigenvalue weighted by atomic mass is 32.1. The Labute approximate surface area is 259 Å². The number of ether oxygens (including phenoxy) is 3. The smallest absolute Gasteiger partial charge is 0.230 e. The van der Waals surface area contributed by atoms with E-state index in [1.165, 1.54) is 36.4 Å². The summed E-state index contributed by atoms with van der Waals surface area (Å²) in [6, 6.07) is 15.0. The molecule has 5 rings (SSSR count). The molecule has 9 nitrogen and oxygen atoms in total. The lowest BCUT2D eigenvalue weighted by atomic mass is 10.1. The van der Waals surface area contributed by atoms with Crippen LogP contribution in [0.5, 0.6) is 23.0 Å². The molecular formula is C32H33F2N5O4S. The lowest BCUT2D eigenvalue weighted by Gasteiger charge is -2.32. The molecule has 0 spiro atoms. The monoisotopic (exact) mass is 621 g/mol. The van der Waals surface area contributed by atoms with Gasteiger partial charge in [-0.2, -0.15) is 0 Å². The summed E-state index contributed by atoms with van der Waals surface area (Å²) in [7, 11) is 3.69. The van der Waals surface area contributed by atoms with E-state index in [2.05, 4.69) is 32.5 Å². The Morgan fingerprint density at radius 2 is 1.73 bits per heavy atom. The second kappa shape index (κ2) is 14.4. The molecule has 0 atom stereocenters. The van der Waals surface area contributed by atoms with Gasteiger partial charge in [-0.1, -0.05) is 12.1 Å². The Kier molecular flexibility index (Phi) is 10.2. The summed E-state index contributed by atoms with van der Waals surface area (Å²) >= 11 is 5.19. The lowest BCUT2D eigenvalue weighted by Crippen LogP contribution is -2.45.